The van der Waals surface area contributed by atoms with Crippen molar-refractivity contribution in [1.29, 1.82) is 0 Å². The normalized spacial score (nSPS) is 16.7. The summed E-state index contributed by atoms with van der Waals surface area (Å²) in [7, 11) is 0. The zero-order valence-corrected chi connectivity index (χ0v) is 19.1. The number of carbonyl (C=O) groups excluding carboxylic acids is 2. The van der Waals surface area contributed by atoms with Crippen LogP contribution in [0.25, 0.3) is 0 Å². The highest BCUT2D eigenvalue weighted by molar-refractivity contribution is 5.98. The molecule has 0 unspecified atom stereocenters. The van der Waals surface area contributed by atoms with Gasteiger partial charge in [0.15, 0.2) is 12.3 Å². The van der Waals surface area contributed by atoms with E-state index in [0.29, 0.717) is 23.9 Å². The molecule has 32 heavy (non-hydrogen) atoms. The van der Waals surface area contributed by atoms with Crippen LogP contribution in [0.3, 0.4) is 0 Å². The summed E-state index contributed by atoms with van der Waals surface area (Å²) >= 11 is 0. The van der Waals surface area contributed by atoms with Crippen molar-refractivity contribution < 1.29 is 18.7 Å². The van der Waals surface area contributed by atoms with Crippen molar-refractivity contribution in [1.82, 2.24) is 15.2 Å². The lowest BCUT2D eigenvalue weighted by Gasteiger charge is -2.31. The van der Waals surface area contributed by atoms with Gasteiger partial charge >= 0.3 is 0 Å². The standard InChI is InChI=1S/C24H32N4O4/c1-4-24(2,3)17-7-8-20-19(13-17)28(22(29)16-31-20)14-21-26-18(15-32-21)23(30)25-9-12-27-10-5-6-11-27/h7-8,13,15H,4-6,9-12,14,16H2,1-3H3,(H,25,30). The third kappa shape index (κ3) is 4.80. The lowest BCUT2D eigenvalue weighted by molar-refractivity contribution is -0.121. The Hall–Kier alpha value is -2.87. The molecule has 3 heterocycles. The molecule has 8 nitrogen and oxygen atoms in total. The molecule has 1 aromatic heterocycles. The molecule has 2 aliphatic rings. The Bertz CT molecular complexity index is 978. The molecule has 1 fully saturated rings. The van der Waals surface area contributed by atoms with Crippen LogP contribution >= 0.6 is 0 Å². The maximum atomic E-state index is 12.6. The van der Waals surface area contributed by atoms with Gasteiger partial charge in [-0.05, 0) is 55.5 Å². The van der Waals surface area contributed by atoms with E-state index in [-0.39, 0.29) is 36.1 Å². The van der Waals surface area contributed by atoms with E-state index in [9.17, 15) is 9.59 Å². The number of hydrogen-bond donors (Lipinski definition) is 1. The fraction of sp³-hybridized carbons (Fsp3) is 0.542. The van der Waals surface area contributed by atoms with Gasteiger partial charge < -0.3 is 19.4 Å². The van der Waals surface area contributed by atoms with Gasteiger partial charge in [0.1, 0.15) is 18.6 Å². The molecular weight excluding hydrogens is 408 g/mol. The Labute approximate surface area is 188 Å². The molecule has 0 bridgehead atoms. The number of nitrogens with zero attached hydrogens (tertiary/aromatic N) is 3. The predicted molar refractivity (Wildman–Crippen MR) is 121 cm³/mol. The van der Waals surface area contributed by atoms with E-state index in [1.54, 1.807) is 4.90 Å². The van der Waals surface area contributed by atoms with Crippen LogP contribution in [0.5, 0.6) is 5.75 Å². The zero-order chi connectivity index (χ0) is 22.7. The number of aromatic nitrogens is 1. The Morgan fingerprint density at radius 2 is 2.03 bits per heavy atom. The summed E-state index contributed by atoms with van der Waals surface area (Å²) in [5.41, 5.74) is 2.04. The van der Waals surface area contributed by atoms with E-state index >= 15 is 0 Å². The number of ether oxygens (including phenoxy) is 1. The van der Waals surface area contributed by atoms with E-state index < -0.39 is 0 Å². The SMILES string of the molecule is CCC(C)(C)c1ccc2c(c1)N(Cc1nc(C(=O)NCCN3CCCC3)co1)C(=O)CO2. The molecular formula is C24H32N4O4. The topological polar surface area (TPSA) is 87.9 Å². The monoisotopic (exact) mass is 440 g/mol. The molecule has 0 radical (unpaired) electrons. The van der Waals surface area contributed by atoms with Crippen molar-refractivity contribution in [2.45, 2.75) is 52.0 Å². The molecule has 0 saturated carbocycles. The van der Waals surface area contributed by atoms with Gasteiger partial charge in [-0.25, -0.2) is 4.98 Å². The highest BCUT2D eigenvalue weighted by Crippen LogP contribution is 2.38. The van der Waals surface area contributed by atoms with Gasteiger partial charge in [0, 0.05) is 13.1 Å². The fourth-order valence-corrected chi connectivity index (χ4v) is 4.05. The van der Waals surface area contributed by atoms with Gasteiger partial charge in [-0.3, -0.25) is 14.5 Å². The Morgan fingerprint density at radius 1 is 1.25 bits per heavy atom. The minimum atomic E-state index is -0.264. The maximum absolute atomic E-state index is 12.6. The highest BCUT2D eigenvalue weighted by atomic mass is 16.5. The summed E-state index contributed by atoms with van der Waals surface area (Å²) < 4.78 is 11.2. The number of hydrogen-bond acceptors (Lipinski definition) is 6. The first kappa shape index (κ1) is 22.3. The second-order valence-electron chi connectivity index (χ2n) is 9.12. The van der Waals surface area contributed by atoms with Crippen molar-refractivity contribution >= 4 is 17.5 Å². The minimum Gasteiger partial charge on any atom is -0.482 e. The molecule has 0 aliphatic carbocycles. The molecule has 1 aromatic carbocycles. The summed E-state index contributed by atoms with van der Waals surface area (Å²) in [4.78, 5) is 33.3. The fourth-order valence-electron chi connectivity index (χ4n) is 4.05. The lowest BCUT2D eigenvalue weighted by atomic mass is 9.82. The van der Waals surface area contributed by atoms with Crippen molar-refractivity contribution in [3.05, 3.63) is 41.6 Å². The number of carbonyl (C=O) groups is 2. The van der Waals surface area contributed by atoms with E-state index in [0.717, 1.165) is 31.6 Å². The van der Waals surface area contributed by atoms with Gasteiger partial charge in [-0.1, -0.05) is 26.8 Å². The number of likely N-dealkylation sites (tertiary alicyclic amines) is 1. The molecule has 8 heteroatoms. The minimum absolute atomic E-state index is 0.0234. The second kappa shape index (κ2) is 9.32. The van der Waals surface area contributed by atoms with Crippen LogP contribution in [0.15, 0.2) is 28.9 Å². The summed E-state index contributed by atoms with van der Waals surface area (Å²) in [6.07, 6.45) is 4.77. The van der Waals surface area contributed by atoms with Crippen LogP contribution in [-0.4, -0.2) is 54.5 Å². The van der Waals surface area contributed by atoms with E-state index in [4.69, 9.17) is 9.15 Å². The average molecular weight is 441 g/mol. The molecule has 0 spiro atoms. The number of anilines is 1. The maximum Gasteiger partial charge on any atom is 0.273 e. The molecule has 1 saturated heterocycles. The molecule has 0 atom stereocenters. The number of rotatable bonds is 8. The third-order valence-corrected chi connectivity index (χ3v) is 6.56. The van der Waals surface area contributed by atoms with Crippen LogP contribution in [0.2, 0.25) is 0 Å². The Balaban J connectivity index is 1.44. The van der Waals surface area contributed by atoms with E-state index in [2.05, 4.69) is 36.0 Å². The van der Waals surface area contributed by atoms with Crippen molar-refractivity contribution in [2.24, 2.45) is 0 Å². The third-order valence-electron chi connectivity index (χ3n) is 6.56. The number of oxazole rings is 1. The summed E-state index contributed by atoms with van der Waals surface area (Å²) in [5.74, 6) is 0.543. The molecule has 2 aliphatic heterocycles. The van der Waals surface area contributed by atoms with Crippen LogP contribution < -0.4 is 15.0 Å². The first-order valence-corrected chi connectivity index (χ1v) is 11.4. The average Bonchev–Trinajstić information content (AvgIpc) is 3.47. The first-order valence-electron chi connectivity index (χ1n) is 11.4. The van der Waals surface area contributed by atoms with E-state index in [1.807, 2.05) is 18.2 Å². The van der Waals surface area contributed by atoms with Gasteiger partial charge in [0.05, 0.1) is 5.69 Å². The van der Waals surface area contributed by atoms with E-state index in [1.165, 1.54) is 19.1 Å². The molecule has 1 N–H and O–H groups in total. The molecule has 4 rings (SSSR count). The van der Waals surface area contributed by atoms with Crippen LogP contribution in [0.1, 0.15) is 62.0 Å². The van der Waals surface area contributed by atoms with Crippen LogP contribution in [-0.2, 0) is 16.8 Å². The highest BCUT2D eigenvalue weighted by Gasteiger charge is 2.29. The van der Waals surface area contributed by atoms with Crippen molar-refractivity contribution in [2.75, 3.05) is 37.7 Å². The zero-order valence-electron chi connectivity index (χ0n) is 19.1. The predicted octanol–water partition coefficient (Wildman–Crippen LogP) is 3.11. The number of fused-ring (bicyclic) bond motifs is 1. The summed E-state index contributed by atoms with van der Waals surface area (Å²) in [6.45, 7) is 10.2. The molecule has 2 aromatic rings. The molecule has 172 valence electrons. The first-order chi connectivity index (χ1) is 15.4. The lowest BCUT2D eigenvalue weighted by Crippen LogP contribution is -2.38. The van der Waals surface area contributed by atoms with Gasteiger partial charge in [0.2, 0.25) is 5.89 Å². The quantitative estimate of drug-likeness (QED) is 0.679. The number of nitrogens with one attached hydrogen (secondary N) is 1. The number of benzene rings is 1. The van der Waals surface area contributed by atoms with Gasteiger partial charge in [0.25, 0.3) is 11.8 Å². The van der Waals surface area contributed by atoms with Crippen LogP contribution in [0.4, 0.5) is 5.69 Å². The molecule has 2 amide bonds. The smallest absolute Gasteiger partial charge is 0.273 e. The Kier molecular flexibility index (Phi) is 6.50. The van der Waals surface area contributed by atoms with Crippen molar-refractivity contribution in [3.8, 4) is 5.75 Å². The Morgan fingerprint density at radius 3 is 2.78 bits per heavy atom. The largest absolute Gasteiger partial charge is 0.482 e. The van der Waals surface area contributed by atoms with Gasteiger partial charge in [-0.2, -0.15) is 0 Å². The number of amides is 2. The van der Waals surface area contributed by atoms with Gasteiger partial charge in [-0.15, -0.1) is 0 Å². The van der Waals surface area contributed by atoms with Crippen LogP contribution in [0, 0.1) is 0 Å². The second-order valence-corrected chi connectivity index (χ2v) is 9.12. The van der Waals surface area contributed by atoms with Crippen molar-refractivity contribution in [3.63, 3.8) is 0 Å². The summed E-state index contributed by atoms with van der Waals surface area (Å²) in [6, 6.07) is 5.97. The summed E-state index contributed by atoms with van der Waals surface area (Å²) in [5, 5.41) is 2.89.